The molecule has 0 aromatic rings. The molecule has 0 radical (unpaired) electrons. The van der Waals surface area contributed by atoms with Gasteiger partial charge in [-0.05, 0) is 20.8 Å². The van der Waals surface area contributed by atoms with E-state index in [1.165, 1.54) is 4.90 Å². The largest absolute Gasteiger partial charge is 0.481 e. The highest BCUT2D eigenvalue weighted by molar-refractivity contribution is 5.81. The first-order chi connectivity index (χ1) is 8.52. The fourth-order valence-electron chi connectivity index (χ4n) is 1.41. The first kappa shape index (κ1) is 16.9. The van der Waals surface area contributed by atoms with E-state index in [2.05, 4.69) is 0 Å². The van der Waals surface area contributed by atoms with Crippen molar-refractivity contribution in [3.05, 3.63) is 0 Å². The molecule has 0 aromatic heterocycles. The highest BCUT2D eigenvalue weighted by atomic mass is 16.5. The summed E-state index contributed by atoms with van der Waals surface area (Å²) in [6.07, 6.45) is -0.621. The lowest BCUT2D eigenvalue weighted by molar-refractivity contribution is -0.144. The molecule has 0 aliphatic rings. The van der Waals surface area contributed by atoms with Gasteiger partial charge >= 0.3 is 5.97 Å². The third kappa shape index (κ3) is 7.24. The molecule has 0 rings (SSSR count). The SMILES string of the molecule is CCOCCOC(C)C(=O)N(CC)CCC(=O)O. The van der Waals surface area contributed by atoms with Gasteiger partial charge in [-0.2, -0.15) is 0 Å². The number of likely N-dealkylation sites (N-methyl/N-ethyl adjacent to an activating group) is 1. The van der Waals surface area contributed by atoms with Gasteiger partial charge in [0.25, 0.3) is 5.91 Å². The summed E-state index contributed by atoms with van der Waals surface area (Å²) in [4.78, 5) is 23.9. The van der Waals surface area contributed by atoms with Crippen molar-refractivity contribution in [2.24, 2.45) is 0 Å². The first-order valence-electron chi connectivity index (χ1n) is 6.22. The summed E-state index contributed by atoms with van der Waals surface area (Å²) in [5, 5.41) is 8.59. The molecule has 6 nitrogen and oxygen atoms in total. The molecule has 0 heterocycles. The monoisotopic (exact) mass is 261 g/mol. The van der Waals surface area contributed by atoms with Crippen molar-refractivity contribution in [2.75, 3.05) is 32.9 Å². The Kier molecular flexibility index (Phi) is 9.22. The molecule has 0 saturated carbocycles. The fourth-order valence-corrected chi connectivity index (χ4v) is 1.41. The zero-order valence-corrected chi connectivity index (χ0v) is 11.3. The van der Waals surface area contributed by atoms with Gasteiger partial charge in [-0.15, -0.1) is 0 Å². The van der Waals surface area contributed by atoms with Gasteiger partial charge in [-0.25, -0.2) is 0 Å². The number of amides is 1. The van der Waals surface area contributed by atoms with Crippen LogP contribution in [0.3, 0.4) is 0 Å². The highest BCUT2D eigenvalue weighted by Gasteiger charge is 2.20. The van der Waals surface area contributed by atoms with Gasteiger partial charge in [0.05, 0.1) is 19.6 Å². The lowest BCUT2D eigenvalue weighted by Crippen LogP contribution is -2.40. The molecule has 6 heteroatoms. The van der Waals surface area contributed by atoms with Crippen molar-refractivity contribution < 1.29 is 24.2 Å². The van der Waals surface area contributed by atoms with Crippen LogP contribution in [0.5, 0.6) is 0 Å². The zero-order chi connectivity index (χ0) is 14.0. The maximum absolute atomic E-state index is 11.9. The Bertz CT molecular complexity index is 257. The smallest absolute Gasteiger partial charge is 0.305 e. The van der Waals surface area contributed by atoms with Crippen LogP contribution in [-0.2, 0) is 19.1 Å². The number of hydrogen-bond acceptors (Lipinski definition) is 4. The summed E-state index contributed by atoms with van der Waals surface area (Å²) in [5.41, 5.74) is 0. The minimum Gasteiger partial charge on any atom is -0.481 e. The van der Waals surface area contributed by atoms with E-state index in [1.54, 1.807) is 6.92 Å². The average molecular weight is 261 g/mol. The summed E-state index contributed by atoms with van der Waals surface area (Å²) < 4.78 is 10.4. The van der Waals surface area contributed by atoms with Gasteiger partial charge in [0.1, 0.15) is 6.10 Å². The molecular weight excluding hydrogens is 238 g/mol. The predicted molar refractivity (Wildman–Crippen MR) is 66.4 cm³/mol. The number of carbonyl (C=O) groups excluding carboxylic acids is 1. The average Bonchev–Trinajstić information content (AvgIpc) is 2.34. The van der Waals surface area contributed by atoms with Crippen molar-refractivity contribution in [3.63, 3.8) is 0 Å². The van der Waals surface area contributed by atoms with Gasteiger partial charge in [-0.1, -0.05) is 0 Å². The van der Waals surface area contributed by atoms with E-state index in [0.717, 1.165) is 0 Å². The number of aliphatic carboxylic acids is 1. The normalized spacial score (nSPS) is 12.2. The molecule has 0 saturated heterocycles. The van der Waals surface area contributed by atoms with Crippen molar-refractivity contribution >= 4 is 11.9 Å². The Morgan fingerprint density at radius 2 is 1.94 bits per heavy atom. The molecule has 0 fully saturated rings. The van der Waals surface area contributed by atoms with Gasteiger partial charge in [0, 0.05) is 19.7 Å². The fraction of sp³-hybridized carbons (Fsp3) is 0.833. The second-order valence-corrected chi connectivity index (χ2v) is 3.77. The van der Waals surface area contributed by atoms with E-state index in [4.69, 9.17) is 14.6 Å². The first-order valence-corrected chi connectivity index (χ1v) is 6.22. The number of carbonyl (C=O) groups is 2. The number of nitrogens with zero attached hydrogens (tertiary/aromatic N) is 1. The quantitative estimate of drug-likeness (QED) is 0.587. The molecule has 0 aromatic carbocycles. The second kappa shape index (κ2) is 9.85. The molecule has 1 unspecified atom stereocenters. The highest BCUT2D eigenvalue weighted by Crippen LogP contribution is 2.01. The van der Waals surface area contributed by atoms with E-state index in [9.17, 15) is 9.59 Å². The van der Waals surface area contributed by atoms with E-state index >= 15 is 0 Å². The Hall–Kier alpha value is -1.14. The van der Waals surface area contributed by atoms with Crippen molar-refractivity contribution in [3.8, 4) is 0 Å². The lowest BCUT2D eigenvalue weighted by atomic mass is 10.3. The maximum atomic E-state index is 11.9. The van der Waals surface area contributed by atoms with E-state index < -0.39 is 12.1 Å². The molecule has 18 heavy (non-hydrogen) atoms. The Balaban J connectivity index is 4.02. The van der Waals surface area contributed by atoms with Gasteiger partial charge in [0.15, 0.2) is 0 Å². The molecule has 1 atom stereocenters. The molecular formula is C12H23NO5. The third-order valence-corrected chi connectivity index (χ3v) is 2.44. The van der Waals surface area contributed by atoms with E-state index in [-0.39, 0.29) is 18.9 Å². The topological polar surface area (TPSA) is 76.1 Å². The van der Waals surface area contributed by atoms with E-state index in [0.29, 0.717) is 26.4 Å². The Morgan fingerprint density at radius 1 is 1.28 bits per heavy atom. The predicted octanol–water partition coefficient (Wildman–Crippen LogP) is 0.751. The molecule has 0 spiro atoms. The van der Waals surface area contributed by atoms with Crippen molar-refractivity contribution in [1.82, 2.24) is 4.90 Å². The van der Waals surface area contributed by atoms with Crippen LogP contribution in [0.15, 0.2) is 0 Å². The van der Waals surface area contributed by atoms with Gasteiger partial charge in [0.2, 0.25) is 0 Å². The summed E-state index contributed by atoms with van der Waals surface area (Å²) in [6, 6.07) is 0. The van der Waals surface area contributed by atoms with Gasteiger partial charge < -0.3 is 19.5 Å². The summed E-state index contributed by atoms with van der Waals surface area (Å²) in [6.45, 7) is 7.48. The van der Waals surface area contributed by atoms with Crippen molar-refractivity contribution in [1.29, 1.82) is 0 Å². The van der Waals surface area contributed by atoms with Crippen LogP contribution in [0.2, 0.25) is 0 Å². The summed E-state index contributed by atoms with van der Waals surface area (Å²) >= 11 is 0. The molecule has 0 aliphatic heterocycles. The van der Waals surface area contributed by atoms with E-state index in [1.807, 2.05) is 13.8 Å². The van der Waals surface area contributed by atoms with Crippen LogP contribution in [0, 0.1) is 0 Å². The van der Waals surface area contributed by atoms with Gasteiger partial charge in [-0.3, -0.25) is 9.59 Å². The standard InChI is InChI=1S/C12H23NO5/c1-4-13(7-6-11(14)15)12(16)10(3)18-9-8-17-5-2/h10H,4-9H2,1-3H3,(H,14,15). The number of ether oxygens (including phenoxy) is 2. The Morgan fingerprint density at radius 3 is 2.44 bits per heavy atom. The molecule has 0 aliphatic carbocycles. The minimum atomic E-state index is -0.911. The molecule has 0 bridgehead atoms. The summed E-state index contributed by atoms with van der Waals surface area (Å²) in [5.74, 6) is -1.10. The summed E-state index contributed by atoms with van der Waals surface area (Å²) in [7, 11) is 0. The molecule has 106 valence electrons. The zero-order valence-electron chi connectivity index (χ0n) is 11.3. The van der Waals surface area contributed by atoms with Crippen LogP contribution < -0.4 is 0 Å². The third-order valence-electron chi connectivity index (χ3n) is 2.44. The molecule has 1 N–H and O–H groups in total. The number of carboxylic acid groups (broad SMARTS) is 1. The van der Waals surface area contributed by atoms with Crippen LogP contribution in [-0.4, -0.2) is 60.9 Å². The van der Waals surface area contributed by atoms with Crippen LogP contribution >= 0.6 is 0 Å². The maximum Gasteiger partial charge on any atom is 0.305 e. The van der Waals surface area contributed by atoms with Crippen LogP contribution in [0.4, 0.5) is 0 Å². The van der Waals surface area contributed by atoms with Crippen molar-refractivity contribution in [2.45, 2.75) is 33.3 Å². The number of hydrogen-bond donors (Lipinski definition) is 1. The Labute approximate surface area is 108 Å². The number of rotatable bonds is 10. The second-order valence-electron chi connectivity index (χ2n) is 3.77. The van der Waals surface area contributed by atoms with Crippen LogP contribution in [0.25, 0.3) is 0 Å². The molecule has 1 amide bonds. The minimum absolute atomic E-state index is 0.0504. The number of carboxylic acids is 1. The lowest BCUT2D eigenvalue weighted by Gasteiger charge is -2.23. The van der Waals surface area contributed by atoms with Crippen LogP contribution in [0.1, 0.15) is 27.2 Å².